The van der Waals surface area contributed by atoms with Gasteiger partial charge in [0.1, 0.15) is 5.41 Å². The lowest BCUT2D eigenvalue weighted by Crippen LogP contribution is -2.31. The number of hydrogen-bond acceptors (Lipinski definition) is 6. The van der Waals surface area contributed by atoms with Crippen molar-refractivity contribution in [3.05, 3.63) is 23.8 Å². The molecule has 8 heteroatoms. The molecule has 0 saturated heterocycles. The summed E-state index contributed by atoms with van der Waals surface area (Å²) in [7, 11) is -3.54. The first-order chi connectivity index (χ1) is 9.82. The van der Waals surface area contributed by atoms with Crippen LogP contribution in [0, 0.1) is 5.41 Å². The Morgan fingerprint density at radius 1 is 1.43 bits per heavy atom. The highest BCUT2D eigenvalue weighted by Crippen LogP contribution is 2.63. The third kappa shape index (κ3) is 1.90. The predicted octanol–water partition coefficient (Wildman–Crippen LogP) is -0.0446. The first kappa shape index (κ1) is 14.2. The van der Waals surface area contributed by atoms with Gasteiger partial charge in [-0.05, 0) is 17.7 Å². The fraction of sp³-hybridized carbons (Fsp3) is 0.462. The summed E-state index contributed by atoms with van der Waals surface area (Å²) in [4.78, 5) is 11.6. The minimum absolute atomic E-state index is 0.0971. The minimum atomic E-state index is -3.54. The van der Waals surface area contributed by atoms with Crippen LogP contribution in [0.3, 0.4) is 0 Å². The maximum absolute atomic E-state index is 11.9. The molecule has 3 atom stereocenters. The van der Waals surface area contributed by atoms with Gasteiger partial charge in [-0.25, -0.2) is 8.42 Å². The molecular weight excluding hydrogens is 298 g/mol. The van der Waals surface area contributed by atoms with E-state index in [9.17, 15) is 18.3 Å². The largest absolute Gasteiger partial charge is 0.481 e. The van der Waals surface area contributed by atoms with Gasteiger partial charge in [-0.2, -0.15) is 0 Å². The lowest BCUT2D eigenvalue weighted by atomic mass is 9.99. The number of sulfone groups is 1. The van der Waals surface area contributed by atoms with E-state index in [1.54, 1.807) is 18.2 Å². The van der Waals surface area contributed by atoms with Crippen LogP contribution in [0.25, 0.3) is 0 Å². The number of rotatable bonds is 4. The van der Waals surface area contributed by atoms with E-state index in [-0.39, 0.29) is 13.3 Å². The molecule has 1 aliphatic heterocycles. The molecule has 1 aromatic carbocycles. The monoisotopic (exact) mass is 313 g/mol. The van der Waals surface area contributed by atoms with E-state index in [1.807, 2.05) is 0 Å². The molecule has 0 aromatic heterocycles. The van der Waals surface area contributed by atoms with Crippen LogP contribution in [-0.4, -0.2) is 44.3 Å². The molecule has 1 heterocycles. The van der Waals surface area contributed by atoms with Gasteiger partial charge < -0.3 is 20.3 Å². The molecule has 0 spiro atoms. The zero-order valence-electron chi connectivity index (χ0n) is 11.3. The van der Waals surface area contributed by atoms with Crippen molar-refractivity contribution in [3.8, 4) is 11.5 Å². The molecular formula is C13H15NO6S. The van der Waals surface area contributed by atoms with Crippen molar-refractivity contribution >= 4 is 15.8 Å². The first-order valence-corrected chi connectivity index (χ1v) is 8.29. The van der Waals surface area contributed by atoms with Crippen LogP contribution < -0.4 is 15.2 Å². The van der Waals surface area contributed by atoms with E-state index in [0.29, 0.717) is 17.1 Å². The lowest BCUT2D eigenvalue weighted by Gasteiger charge is -2.09. The molecule has 21 heavy (non-hydrogen) atoms. The van der Waals surface area contributed by atoms with Crippen molar-refractivity contribution in [2.75, 3.05) is 19.6 Å². The Kier molecular flexibility index (Phi) is 2.93. The Labute approximate surface area is 121 Å². The first-order valence-electron chi connectivity index (χ1n) is 6.34. The summed E-state index contributed by atoms with van der Waals surface area (Å²) >= 11 is 0. The number of carboxylic acid groups (broad SMARTS) is 1. The molecule has 1 fully saturated rings. The van der Waals surface area contributed by atoms with Gasteiger partial charge in [0.05, 0.1) is 5.25 Å². The maximum Gasteiger partial charge on any atom is 0.312 e. The second kappa shape index (κ2) is 4.35. The van der Waals surface area contributed by atoms with E-state index in [2.05, 4.69) is 0 Å². The summed E-state index contributed by atoms with van der Waals surface area (Å²) in [6, 6.07) is 4.95. The Balaban J connectivity index is 2.06. The summed E-state index contributed by atoms with van der Waals surface area (Å²) in [6.07, 6.45) is 1.04. The van der Waals surface area contributed by atoms with Crippen molar-refractivity contribution in [1.82, 2.24) is 0 Å². The zero-order valence-corrected chi connectivity index (χ0v) is 12.1. The van der Waals surface area contributed by atoms with Crippen molar-refractivity contribution in [2.45, 2.75) is 11.2 Å². The van der Waals surface area contributed by atoms with Crippen molar-refractivity contribution in [1.29, 1.82) is 0 Å². The zero-order chi connectivity index (χ0) is 15.4. The van der Waals surface area contributed by atoms with E-state index >= 15 is 0 Å². The third-order valence-corrected chi connectivity index (χ3v) is 5.82. The van der Waals surface area contributed by atoms with Crippen LogP contribution >= 0.6 is 0 Å². The fourth-order valence-electron chi connectivity index (χ4n) is 3.20. The lowest BCUT2D eigenvalue weighted by molar-refractivity contribution is -0.143. The standard InChI is InChI=1S/C13H15NO6S/c1-21(17,18)11-10(13(11,5-14)12(15)16)7-2-3-8-9(4-7)20-6-19-8/h2-4,10-11H,5-6,14H2,1H3,(H,15,16). The summed E-state index contributed by atoms with van der Waals surface area (Å²) in [6.45, 7) is -0.140. The van der Waals surface area contributed by atoms with E-state index in [0.717, 1.165) is 6.26 Å². The average molecular weight is 313 g/mol. The number of aliphatic carboxylic acids is 1. The van der Waals surface area contributed by atoms with Gasteiger partial charge in [-0.1, -0.05) is 6.07 Å². The molecule has 3 rings (SSSR count). The summed E-state index contributed by atoms with van der Waals surface area (Å²) in [5, 5.41) is 8.44. The second-order valence-electron chi connectivity index (χ2n) is 5.39. The highest BCUT2D eigenvalue weighted by molar-refractivity contribution is 7.91. The quantitative estimate of drug-likeness (QED) is 0.801. The van der Waals surface area contributed by atoms with Crippen molar-refractivity contribution < 1.29 is 27.8 Å². The smallest absolute Gasteiger partial charge is 0.312 e. The van der Waals surface area contributed by atoms with Crippen LogP contribution in [0.4, 0.5) is 0 Å². The Morgan fingerprint density at radius 2 is 2.10 bits per heavy atom. The number of carbonyl (C=O) groups is 1. The molecule has 1 aliphatic carbocycles. The van der Waals surface area contributed by atoms with E-state index < -0.39 is 32.4 Å². The summed E-state index contributed by atoms with van der Waals surface area (Å²) in [5.41, 5.74) is 4.71. The van der Waals surface area contributed by atoms with Gasteiger partial charge in [-0.15, -0.1) is 0 Å². The van der Waals surface area contributed by atoms with Gasteiger partial charge >= 0.3 is 5.97 Å². The Bertz CT molecular complexity index is 715. The molecule has 1 saturated carbocycles. The Hall–Kier alpha value is -1.80. The highest BCUT2D eigenvalue weighted by atomic mass is 32.2. The predicted molar refractivity (Wildman–Crippen MR) is 73.1 cm³/mol. The molecule has 3 N–H and O–H groups in total. The molecule has 1 aromatic rings. The van der Waals surface area contributed by atoms with Crippen LogP contribution in [0.1, 0.15) is 11.5 Å². The summed E-state index contributed by atoms with van der Waals surface area (Å²) < 4.78 is 34.3. The highest BCUT2D eigenvalue weighted by Gasteiger charge is 2.74. The van der Waals surface area contributed by atoms with Crippen molar-refractivity contribution in [3.63, 3.8) is 0 Å². The number of nitrogens with two attached hydrogens (primary N) is 1. The van der Waals surface area contributed by atoms with Gasteiger partial charge in [-0.3, -0.25) is 4.79 Å². The topological polar surface area (TPSA) is 116 Å². The molecule has 114 valence electrons. The van der Waals surface area contributed by atoms with Gasteiger partial charge in [0, 0.05) is 18.7 Å². The molecule has 2 aliphatic rings. The number of ether oxygens (including phenoxy) is 2. The summed E-state index contributed by atoms with van der Waals surface area (Å²) in [5.74, 6) is -0.820. The number of hydrogen-bond donors (Lipinski definition) is 2. The van der Waals surface area contributed by atoms with Crippen LogP contribution in [0.15, 0.2) is 18.2 Å². The van der Waals surface area contributed by atoms with Gasteiger partial charge in [0.15, 0.2) is 21.3 Å². The van der Waals surface area contributed by atoms with Crippen LogP contribution in [0.5, 0.6) is 11.5 Å². The average Bonchev–Trinajstić information content (AvgIpc) is 2.92. The van der Waals surface area contributed by atoms with Crippen LogP contribution in [0.2, 0.25) is 0 Å². The number of carboxylic acids is 1. The van der Waals surface area contributed by atoms with E-state index in [1.165, 1.54) is 0 Å². The minimum Gasteiger partial charge on any atom is -0.481 e. The van der Waals surface area contributed by atoms with Gasteiger partial charge in [0.25, 0.3) is 0 Å². The van der Waals surface area contributed by atoms with Crippen molar-refractivity contribution in [2.24, 2.45) is 11.1 Å². The SMILES string of the molecule is CS(=O)(=O)C1C(c2ccc3c(c2)OCO3)C1(CN)C(=O)O. The number of fused-ring (bicyclic) bond motifs is 1. The second-order valence-corrected chi connectivity index (χ2v) is 7.56. The molecule has 0 bridgehead atoms. The molecule has 3 unspecified atom stereocenters. The fourth-order valence-corrected chi connectivity index (χ4v) is 5.12. The molecule has 0 amide bonds. The maximum atomic E-state index is 11.9. The number of benzene rings is 1. The van der Waals surface area contributed by atoms with Crippen LogP contribution in [-0.2, 0) is 14.6 Å². The molecule has 7 nitrogen and oxygen atoms in total. The Morgan fingerprint density at radius 3 is 2.62 bits per heavy atom. The molecule has 0 radical (unpaired) electrons. The van der Waals surface area contributed by atoms with Gasteiger partial charge in [0.2, 0.25) is 6.79 Å². The third-order valence-electron chi connectivity index (χ3n) is 4.21. The normalized spacial score (nSPS) is 30.2. The van der Waals surface area contributed by atoms with E-state index in [4.69, 9.17) is 15.2 Å².